The fourth-order valence-electron chi connectivity index (χ4n) is 4.34. The van der Waals surface area contributed by atoms with Crippen molar-refractivity contribution in [3.05, 3.63) is 82.3 Å². The molecule has 0 aliphatic carbocycles. The van der Waals surface area contributed by atoms with Crippen LogP contribution in [0.3, 0.4) is 0 Å². The van der Waals surface area contributed by atoms with Gasteiger partial charge in [-0.25, -0.2) is 4.39 Å². The highest BCUT2D eigenvalue weighted by molar-refractivity contribution is 6.33. The van der Waals surface area contributed by atoms with Gasteiger partial charge < -0.3 is 34.4 Å². The number of ketones is 1. The summed E-state index contributed by atoms with van der Waals surface area (Å²) in [4.78, 5) is 17.3. The third-order valence-electron chi connectivity index (χ3n) is 6.41. The molecule has 0 saturated heterocycles. The van der Waals surface area contributed by atoms with E-state index in [0.717, 1.165) is 5.56 Å². The van der Waals surface area contributed by atoms with Gasteiger partial charge in [0.15, 0.2) is 5.78 Å². The predicted octanol–water partition coefficient (Wildman–Crippen LogP) is 6.09. The number of carbonyl (C=O) groups is 1. The third-order valence-corrected chi connectivity index (χ3v) is 6.71. The van der Waals surface area contributed by atoms with Gasteiger partial charge in [-0.2, -0.15) is 0 Å². The number of fused-ring (bicyclic) bond motifs is 1. The van der Waals surface area contributed by atoms with Gasteiger partial charge in [0.05, 0.1) is 32.0 Å². The number of H-pyrrole nitrogens is 1. The van der Waals surface area contributed by atoms with E-state index in [1.54, 1.807) is 37.6 Å². The number of hydrogen-bond donors (Lipinski definition) is 3. The Morgan fingerprint density at radius 1 is 1.08 bits per heavy atom. The summed E-state index contributed by atoms with van der Waals surface area (Å²) >= 11 is 6.38. The molecule has 0 saturated carbocycles. The predicted molar refractivity (Wildman–Crippen MR) is 148 cm³/mol. The van der Waals surface area contributed by atoms with E-state index in [0.29, 0.717) is 44.2 Å². The standard InChI is InChI=1S/C29H30ClFN2O6/c1-16(36-2)17-9-19(12-20(10-17)39-8-7-34)33-28(21-6-5-18(31)11-26(21)37-3)29(35)23-15-32-25-14-27(38-4)24(30)13-22(23)25/h5-6,9-16,28,32-34H,7-8H2,1-4H3/t16-,28?/m1/s1. The van der Waals surface area contributed by atoms with Gasteiger partial charge in [-0.05, 0) is 42.8 Å². The zero-order valence-electron chi connectivity index (χ0n) is 22.0. The van der Waals surface area contributed by atoms with Crippen LogP contribution in [0.1, 0.15) is 40.6 Å². The van der Waals surface area contributed by atoms with Crippen molar-refractivity contribution in [3.63, 3.8) is 0 Å². The molecular weight excluding hydrogens is 527 g/mol. The molecule has 39 heavy (non-hydrogen) atoms. The highest BCUT2D eigenvalue weighted by Crippen LogP contribution is 2.37. The van der Waals surface area contributed by atoms with E-state index >= 15 is 0 Å². The van der Waals surface area contributed by atoms with Crippen molar-refractivity contribution in [3.8, 4) is 17.2 Å². The molecule has 10 heteroatoms. The lowest BCUT2D eigenvalue weighted by Crippen LogP contribution is -2.22. The number of aliphatic hydroxyl groups excluding tert-OH is 1. The molecule has 3 N–H and O–H groups in total. The van der Waals surface area contributed by atoms with Crippen molar-refractivity contribution in [2.24, 2.45) is 0 Å². The number of methoxy groups -OCH3 is 3. The van der Waals surface area contributed by atoms with Crippen molar-refractivity contribution < 1.29 is 33.2 Å². The first-order valence-electron chi connectivity index (χ1n) is 12.2. The molecule has 4 aromatic rings. The molecule has 4 rings (SSSR count). The number of aromatic amines is 1. The number of benzene rings is 3. The van der Waals surface area contributed by atoms with E-state index in [1.165, 1.54) is 32.4 Å². The van der Waals surface area contributed by atoms with E-state index in [-0.39, 0.29) is 30.9 Å². The lowest BCUT2D eigenvalue weighted by molar-refractivity contribution is 0.0970. The van der Waals surface area contributed by atoms with Crippen LogP contribution in [0.15, 0.2) is 54.7 Å². The SMILES string of the molecule is COc1cc2[nH]cc(C(=O)C(Nc3cc(OCCO)cc([C@@H](C)OC)c3)c3ccc(F)cc3OC)c2cc1Cl. The highest BCUT2D eigenvalue weighted by atomic mass is 35.5. The second-order valence-corrected chi connectivity index (χ2v) is 9.21. The van der Waals surface area contributed by atoms with Crippen LogP contribution in [0.2, 0.25) is 5.02 Å². The maximum atomic E-state index is 14.2. The Morgan fingerprint density at radius 3 is 2.54 bits per heavy atom. The van der Waals surface area contributed by atoms with Crippen LogP contribution in [0.25, 0.3) is 10.9 Å². The second kappa shape index (κ2) is 12.4. The summed E-state index contributed by atoms with van der Waals surface area (Å²) in [6, 6.07) is 11.8. The molecule has 0 aliphatic heterocycles. The molecular formula is C29H30ClFN2O6. The maximum Gasteiger partial charge on any atom is 0.191 e. The topological polar surface area (TPSA) is 102 Å². The first-order chi connectivity index (χ1) is 18.8. The molecule has 2 atom stereocenters. The molecule has 0 fully saturated rings. The molecule has 0 amide bonds. The summed E-state index contributed by atoms with van der Waals surface area (Å²) in [5.74, 6) is 0.355. The Hall–Kier alpha value is -3.79. The van der Waals surface area contributed by atoms with Crippen LogP contribution >= 0.6 is 11.6 Å². The number of carbonyl (C=O) groups excluding carboxylic acids is 1. The fraction of sp³-hybridized carbons (Fsp3) is 0.276. The summed E-state index contributed by atoms with van der Waals surface area (Å²) < 4.78 is 36.0. The van der Waals surface area contributed by atoms with Gasteiger partial charge in [-0.3, -0.25) is 4.79 Å². The van der Waals surface area contributed by atoms with Crippen molar-refractivity contribution in [2.75, 3.05) is 39.9 Å². The van der Waals surface area contributed by atoms with Gasteiger partial charge in [-0.1, -0.05) is 11.6 Å². The first kappa shape index (κ1) is 28.2. The minimum Gasteiger partial charge on any atom is -0.496 e. The van der Waals surface area contributed by atoms with Crippen molar-refractivity contribution in [2.45, 2.75) is 19.1 Å². The summed E-state index contributed by atoms with van der Waals surface area (Å²) in [6.07, 6.45) is 1.33. The van der Waals surface area contributed by atoms with Crippen LogP contribution in [-0.2, 0) is 4.74 Å². The number of rotatable bonds is 12. The molecule has 3 aromatic carbocycles. The number of anilines is 1. The molecule has 0 spiro atoms. The molecule has 0 bridgehead atoms. The highest BCUT2D eigenvalue weighted by Gasteiger charge is 2.28. The third kappa shape index (κ3) is 6.11. The number of halogens is 2. The average Bonchev–Trinajstić information content (AvgIpc) is 3.35. The van der Waals surface area contributed by atoms with Crippen LogP contribution in [-0.4, -0.2) is 50.4 Å². The molecule has 1 unspecified atom stereocenters. The van der Waals surface area contributed by atoms with Gasteiger partial charge in [0.2, 0.25) is 0 Å². The monoisotopic (exact) mass is 556 g/mol. The van der Waals surface area contributed by atoms with Gasteiger partial charge in [-0.15, -0.1) is 0 Å². The summed E-state index contributed by atoms with van der Waals surface area (Å²) in [5.41, 5.74) is 2.81. The zero-order chi connectivity index (χ0) is 28.1. The normalized spacial score (nSPS) is 12.7. The van der Waals surface area contributed by atoms with Crippen LogP contribution in [0.5, 0.6) is 17.2 Å². The zero-order valence-corrected chi connectivity index (χ0v) is 22.8. The van der Waals surface area contributed by atoms with Gasteiger partial charge >= 0.3 is 0 Å². The van der Waals surface area contributed by atoms with Crippen molar-refractivity contribution in [1.82, 2.24) is 4.98 Å². The van der Waals surface area contributed by atoms with Crippen LogP contribution in [0, 0.1) is 5.82 Å². The number of hydrogen-bond acceptors (Lipinski definition) is 7. The molecule has 8 nitrogen and oxygen atoms in total. The van der Waals surface area contributed by atoms with E-state index in [4.69, 9.17) is 30.5 Å². The Morgan fingerprint density at radius 2 is 1.85 bits per heavy atom. The molecule has 0 radical (unpaired) electrons. The second-order valence-electron chi connectivity index (χ2n) is 8.80. The summed E-state index contributed by atoms with van der Waals surface area (Å²) in [6.45, 7) is 1.82. The Kier molecular flexibility index (Phi) is 8.96. The number of aromatic nitrogens is 1. The Balaban J connectivity index is 1.84. The molecule has 206 valence electrons. The quantitative estimate of drug-likeness (QED) is 0.181. The maximum absolute atomic E-state index is 14.2. The van der Waals surface area contributed by atoms with E-state index in [1.807, 2.05) is 13.0 Å². The minimum atomic E-state index is -0.987. The van der Waals surface area contributed by atoms with E-state index in [9.17, 15) is 14.3 Å². The molecule has 0 aliphatic rings. The fourth-order valence-corrected chi connectivity index (χ4v) is 4.58. The molecule has 1 aromatic heterocycles. The van der Waals surface area contributed by atoms with Gasteiger partial charge in [0.1, 0.15) is 35.7 Å². The van der Waals surface area contributed by atoms with Gasteiger partial charge in [0, 0.05) is 59.2 Å². The van der Waals surface area contributed by atoms with Crippen LogP contribution < -0.4 is 19.5 Å². The Bertz CT molecular complexity index is 1470. The summed E-state index contributed by atoms with van der Waals surface area (Å²) in [5, 5.41) is 13.5. The lowest BCUT2D eigenvalue weighted by atomic mass is 9.95. The van der Waals surface area contributed by atoms with Crippen molar-refractivity contribution in [1.29, 1.82) is 0 Å². The first-order valence-corrected chi connectivity index (χ1v) is 12.6. The Labute approximate surface area is 230 Å². The largest absolute Gasteiger partial charge is 0.496 e. The molecule has 1 heterocycles. The average molecular weight is 557 g/mol. The smallest absolute Gasteiger partial charge is 0.191 e. The van der Waals surface area contributed by atoms with E-state index in [2.05, 4.69) is 10.3 Å². The number of nitrogens with one attached hydrogen (secondary N) is 2. The number of aliphatic hydroxyl groups is 1. The van der Waals surface area contributed by atoms with Gasteiger partial charge in [0.25, 0.3) is 0 Å². The van der Waals surface area contributed by atoms with Crippen LogP contribution in [0.4, 0.5) is 10.1 Å². The number of Topliss-reactive ketones (excluding diaryl/α,β-unsaturated/α-hetero) is 1. The van der Waals surface area contributed by atoms with E-state index < -0.39 is 11.9 Å². The summed E-state index contributed by atoms with van der Waals surface area (Å²) in [7, 11) is 4.52. The van der Waals surface area contributed by atoms with Crippen molar-refractivity contribution >= 4 is 34.0 Å². The number of ether oxygens (including phenoxy) is 4. The minimum absolute atomic E-state index is 0.0952. The lowest BCUT2D eigenvalue weighted by Gasteiger charge is -2.23.